The van der Waals surface area contributed by atoms with Crippen molar-refractivity contribution in [2.75, 3.05) is 6.54 Å². The van der Waals surface area contributed by atoms with Gasteiger partial charge in [0.1, 0.15) is 0 Å². The third kappa shape index (κ3) is 2.53. The minimum Gasteiger partial charge on any atom is -0.345 e. The van der Waals surface area contributed by atoms with Crippen LogP contribution in [0.1, 0.15) is 43.0 Å². The highest BCUT2D eigenvalue weighted by Crippen LogP contribution is 2.33. The monoisotopic (exact) mass is 247 g/mol. The fourth-order valence-electron chi connectivity index (χ4n) is 2.76. The Balaban J connectivity index is 2.13. The second-order valence-electron chi connectivity index (χ2n) is 5.20. The number of carbonyl (C=O) groups excluding carboxylic acids is 1. The second-order valence-corrected chi connectivity index (χ2v) is 5.20. The fourth-order valence-corrected chi connectivity index (χ4v) is 2.76. The van der Waals surface area contributed by atoms with E-state index in [2.05, 4.69) is 17.2 Å². The van der Waals surface area contributed by atoms with Crippen molar-refractivity contribution in [1.82, 2.24) is 10.3 Å². The van der Waals surface area contributed by atoms with Gasteiger partial charge in [0.25, 0.3) is 5.91 Å². The van der Waals surface area contributed by atoms with Crippen LogP contribution in [0.3, 0.4) is 0 Å². The summed E-state index contributed by atoms with van der Waals surface area (Å²) in [7, 11) is 0. The Morgan fingerprint density at radius 2 is 2.22 bits per heavy atom. The Bertz CT molecular complexity index is 407. The van der Waals surface area contributed by atoms with Crippen molar-refractivity contribution in [1.29, 1.82) is 0 Å². The lowest BCUT2D eigenvalue weighted by Crippen LogP contribution is -2.59. The van der Waals surface area contributed by atoms with Crippen molar-refractivity contribution < 1.29 is 4.79 Å². The molecule has 4 heteroatoms. The molecular weight excluding hydrogens is 226 g/mol. The van der Waals surface area contributed by atoms with Gasteiger partial charge in [0, 0.05) is 24.5 Å². The van der Waals surface area contributed by atoms with Crippen molar-refractivity contribution in [2.45, 2.75) is 38.1 Å². The van der Waals surface area contributed by atoms with Crippen molar-refractivity contribution in [3.05, 3.63) is 30.1 Å². The molecule has 2 atom stereocenters. The van der Waals surface area contributed by atoms with Gasteiger partial charge < -0.3 is 11.1 Å². The number of nitrogens with one attached hydrogen (secondary N) is 1. The van der Waals surface area contributed by atoms with Crippen LogP contribution in [0.4, 0.5) is 0 Å². The summed E-state index contributed by atoms with van der Waals surface area (Å²) >= 11 is 0. The van der Waals surface area contributed by atoms with Crippen LogP contribution < -0.4 is 11.1 Å². The van der Waals surface area contributed by atoms with Crippen LogP contribution in [0.5, 0.6) is 0 Å². The molecule has 1 amide bonds. The number of carbonyl (C=O) groups is 1. The Labute approximate surface area is 108 Å². The standard InChI is InChI=1S/C14H21N3O/c1-11-4-2-3-7-14(11,10-15)17-13(18)12-5-8-16-9-6-12/h5-6,8-9,11H,2-4,7,10,15H2,1H3,(H,17,18). The lowest BCUT2D eigenvalue weighted by Gasteiger charge is -2.42. The molecule has 18 heavy (non-hydrogen) atoms. The molecule has 98 valence electrons. The predicted octanol–water partition coefficient (Wildman–Crippen LogP) is 1.72. The van der Waals surface area contributed by atoms with E-state index in [-0.39, 0.29) is 11.4 Å². The van der Waals surface area contributed by atoms with Gasteiger partial charge in [0.05, 0.1) is 5.54 Å². The lowest BCUT2D eigenvalue weighted by atomic mass is 9.73. The molecule has 1 fully saturated rings. The molecule has 0 saturated heterocycles. The van der Waals surface area contributed by atoms with E-state index in [0.29, 0.717) is 18.0 Å². The van der Waals surface area contributed by atoms with Gasteiger partial charge in [-0.25, -0.2) is 0 Å². The third-order valence-electron chi connectivity index (χ3n) is 4.12. The Morgan fingerprint density at radius 1 is 1.50 bits per heavy atom. The molecule has 0 aromatic carbocycles. The average Bonchev–Trinajstić information content (AvgIpc) is 2.42. The molecule has 1 aliphatic rings. The molecule has 0 bridgehead atoms. The molecule has 2 unspecified atom stereocenters. The largest absolute Gasteiger partial charge is 0.345 e. The zero-order valence-corrected chi connectivity index (χ0v) is 10.9. The van der Waals surface area contributed by atoms with Gasteiger partial charge >= 0.3 is 0 Å². The first-order valence-corrected chi connectivity index (χ1v) is 6.60. The average molecular weight is 247 g/mol. The SMILES string of the molecule is CC1CCCCC1(CN)NC(=O)c1ccncc1. The van der Waals surface area contributed by atoms with Crippen molar-refractivity contribution in [3.63, 3.8) is 0 Å². The van der Waals surface area contributed by atoms with Crippen LogP contribution in [0.15, 0.2) is 24.5 Å². The van der Waals surface area contributed by atoms with Crippen LogP contribution in [0.25, 0.3) is 0 Å². The van der Waals surface area contributed by atoms with E-state index in [1.54, 1.807) is 24.5 Å². The summed E-state index contributed by atoms with van der Waals surface area (Å²) in [6, 6.07) is 3.46. The molecule has 0 aliphatic heterocycles. The molecule has 1 saturated carbocycles. The quantitative estimate of drug-likeness (QED) is 0.854. The zero-order chi connectivity index (χ0) is 13.0. The van der Waals surface area contributed by atoms with E-state index in [0.717, 1.165) is 19.3 Å². The number of amides is 1. The predicted molar refractivity (Wildman–Crippen MR) is 71.1 cm³/mol. The second kappa shape index (κ2) is 5.48. The molecule has 0 spiro atoms. The van der Waals surface area contributed by atoms with Gasteiger partial charge in [0.2, 0.25) is 0 Å². The van der Waals surface area contributed by atoms with Crippen LogP contribution >= 0.6 is 0 Å². The third-order valence-corrected chi connectivity index (χ3v) is 4.12. The summed E-state index contributed by atoms with van der Waals surface area (Å²) in [5.41, 5.74) is 6.34. The van der Waals surface area contributed by atoms with Crippen molar-refractivity contribution in [2.24, 2.45) is 11.7 Å². The van der Waals surface area contributed by atoms with Crippen LogP contribution in [-0.4, -0.2) is 23.0 Å². The number of hydrogen-bond acceptors (Lipinski definition) is 3. The highest BCUT2D eigenvalue weighted by Gasteiger charge is 2.38. The molecule has 1 aliphatic carbocycles. The molecule has 1 aromatic rings. The number of rotatable bonds is 3. The summed E-state index contributed by atoms with van der Waals surface area (Å²) in [6.45, 7) is 2.68. The minimum atomic E-state index is -0.237. The number of hydrogen-bond donors (Lipinski definition) is 2. The maximum atomic E-state index is 12.2. The van der Waals surface area contributed by atoms with Crippen LogP contribution in [-0.2, 0) is 0 Å². The molecule has 3 N–H and O–H groups in total. The van der Waals surface area contributed by atoms with E-state index in [4.69, 9.17) is 5.73 Å². The summed E-state index contributed by atoms with van der Waals surface area (Å²) in [5, 5.41) is 3.16. The Hall–Kier alpha value is -1.42. The van der Waals surface area contributed by atoms with Crippen LogP contribution in [0.2, 0.25) is 0 Å². The number of aromatic nitrogens is 1. The number of pyridine rings is 1. The van der Waals surface area contributed by atoms with Gasteiger partial charge in [-0.3, -0.25) is 9.78 Å². The van der Waals surface area contributed by atoms with E-state index in [9.17, 15) is 4.79 Å². The Morgan fingerprint density at radius 3 is 2.83 bits per heavy atom. The highest BCUT2D eigenvalue weighted by atomic mass is 16.1. The fraction of sp³-hybridized carbons (Fsp3) is 0.571. The highest BCUT2D eigenvalue weighted by molar-refractivity contribution is 5.94. The van der Waals surface area contributed by atoms with E-state index in [1.807, 2.05) is 0 Å². The van der Waals surface area contributed by atoms with Crippen LogP contribution in [0, 0.1) is 5.92 Å². The van der Waals surface area contributed by atoms with Crippen molar-refractivity contribution in [3.8, 4) is 0 Å². The van der Waals surface area contributed by atoms with Gasteiger partial charge in [-0.05, 0) is 30.9 Å². The van der Waals surface area contributed by atoms with Gasteiger partial charge in [-0.2, -0.15) is 0 Å². The summed E-state index contributed by atoms with van der Waals surface area (Å²) in [4.78, 5) is 16.2. The molecule has 4 nitrogen and oxygen atoms in total. The first-order valence-electron chi connectivity index (χ1n) is 6.60. The molecule has 2 rings (SSSR count). The normalized spacial score (nSPS) is 27.8. The summed E-state index contributed by atoms with van der Waals surface area (Å²) < 4.78 is 0. The van der Waals surface area contributed by atoms with Gasteiger partial charge in [-0.15, -0.1) is 0 Å². The maximum Gasteiger partial charge on any atom is 0.251 e. The Kier molecular flexibility index (Phi) is 3.97. The smallest absolute Gasteiger partial charge is 0.251 e. The minimum absolute atomic E-state index is 0.0448. The number of nitrogens with two attached hydrogens (primary N) is 1. The summed E-state index contributed by atoms with van der Waals surface area (Å²) in [6.07, 6.45) is 7.74. The van der Waals surface area contributed by atoms with Gasteiger partial charge in [-0.1, -0.05) is 19.8 Å². The van der Waals surface area contributed by atoms with E-state index < -0.39 is 0 Å². The summed E-state index contributed by atoms with van der Waals surface area (Å²) in [5.74, 6) is 0.388. The first kappa shape index (κ1) is 13.0. The molecule has 0 radical (unpaired) electrons. The number of nitrogens with zero attached hydrogens (tertiary/aromatic N) is 1. The van der Waals surface area contributed by atoms with Crippen molar-refractivity contribution >= 4 is 5.91 Å². The van der Waals surface area contributed by atoms with E-state index >= 15 is 0 Å². The molecular formula is C14H21N3O. The topological polar surface area (TPSA) is 68.0 Å². The maximum absolute atomic E-state index is 12.2. The van der Waals surface area contributed by atoms with E-state index in [1.165, 1.54) is 6.42 Å². The van der Waals surface area contributed by atoms with Gasteiger partial charge in [0.15, 0.2) is 0 Å². The molecule has 1 aromatic heterocycles. The molecule has 1 heterocycles. The lowest BCUT2D eigenvalue weighted by molar-refractivity contribution is 0.0812. The zero-order valence-electron chi connectivity index (χ0n) is 10.9. The first-order chi connectivity index (χ1) is 8.68.